The molecule has 0 rings (SSSR count). The van der Waals surface area contributed by atoms with E-state index in [1.165, 1.54) is 103 Å². The number of carbonyl (C=O) groups is 2. The molecule has 1 atom stereocenters. The van der Waals surface area contributed by atoms with Crippen molar-refractivity contribution < 1.29 is 19.4 Å². The maximum absolute atomic E-state index is 12.5. The number of ether oxygens (including phenoxy) is 1. The van der Waals surface area contributed by atoms with E-state index in [1.54, 1.807) is 0 Å². The molecule has 264 valence electrons. The van der Waals surface area contributed by atoms with Crippen LogP contribution in [0.3, 0.4) is 0 Å². The Labute approximate surface area is 284 Å². The average molecular weight is 641 g/mol. The van der Waals surface area contributed by atoms with Gasteiger partial charge in [-0.1, -0.05) is 152 Å². The molecule has 0 aliphatic heterocycles. The lowest BCUT2D eigenvalue weighted by molar-refractivity contribution is -0.145. The molecule has 4 nitrogen and oxygen atoms in total. The maximum Gasteiger partial charge on any atom is 0.306 e. The summed E-state index contributed by atoms with van der Waals surface area (Å²) in [5.41, 5.74) is 0. The van der Waals surface area contributed by atoms with Crippen LogP contribution >= 0.6 is 0 Å². The van der Waals surface area contributed by atoms with Gasteiger partial charge in [0.2, 0.25) is 0 Å². The third-order valence-corrected chi connectivity index (χ3v) is 8.19. The first kappa shape index (κ1) is 43.6. The Morgan fingerprint density at radius 1 is 0.500 bits per heavy atom. The van der Waals surface area contributed by atoms with Gasteiger partial charge in [0.25, 0.3) is 0 Å². The quantitative estimate of drug-likeness (QED) is 0.0432. The molecule has 0 bridgehead atoms. The van der Waals surface area contributed by atoms with Gasteiger partial charge in [0.1, 0.15) is 6.10 Å². The van der Waals surface area contributed by atoms with Gasteiger partial charge in [-0.25, -0.2) is 0 Å². The monoisotopic (exact) mass is 641 g/mol. The number of aliphatic carboxylic acids is 1. The van der Waals surface area contributed by atoms with Crippen molar-refractivity contribution in [1.82, 2.24) is 0 Å². The van der Waals surface area contributed by atoms with E-state index in [0.717, 1.165) is 51.4 Å². The van der Waals surface area contributed by atoms with Gasteiger partial charge in [0.15, 0.2) is 0 Å². The van der Waals surface area contributed by atoms with Crippen LogP contribution in [-0.2, 0) is 14.3 Å². The molecular weight excluding hydrogens is 568 g/mol. The Kier molecular flexibility index (Phi) is 35.2. The molecule has 0 saturated carbocycles. The van der Waals surface area contributed by atoms with Gasteiger partial charge in [-0.15, -0.1) is 0 Å². The molecule has 0 amide bonds. The summed E-state index contributed by atoms with van der Waals surface area (Å²) in [5, 5.41) is 8.75. The molecule has 0 saturated heterocycles. The first-order valence-corrected chi connectivity index (χ1v) is 19.3. The minimum Gasteiger partial charge on any atom is -0.481 e. The predicted molar refractivity (Wildman–Crippen MR) is 199 cm³/mol. The van der Waals surface area contributed by atoms with E-state index >= 15 is 0 Å². The standard InChI is InChI=1S/C42H72O4/c1-3-5-7-9-10-11-12-13-14-15-16-17-18-19-20-21-22-23-24-25-26-31-35-39-42(45)46-40(36-32-28-8-6-4-2)37-33-29-27-30-34-38-41(43)44/h6,8,12-13,15-16,32-33,36-37,40H,3-5,7,9-11,14,17-31,34-35,38-39H2,1-2H3,(H,43,44)/b8-6-,13-12-,16-15-,36-32-,37-33-. The topological polar surface area (TPSA) is 63.6 Å². The van der Waals surface area contributed by atoms with Crippen LogP contribution in [0.5, 0.6) is 0 Å². The summed E-state index contributed by atoms with van der Waals surface area (Å²) < 4.78 is 5.75. The van der Waals surface area contributed by atoms with Crippen molar-refractivity contribution in [2.75, 3.05) is 0 Å². The number of hydrogen-bond donors (Lipinski definition) is 1. The van der Waals surface area contributed by atoms with Crippen molar-refractivity contribution in [3.05, 3.63) is 60.8 Å². The summed E-state index contributed by atoms with van der Waals surface area (Å²) in [7, 11) is 0. The van der Waals surface area contributed by atoms with E-state index in [2.05, 4.69) is 62.5 Å². The third-order valence-electron chi connectivity index (χ3n) is 8.19. The Balaban J connectivity index is 3.80. The van der Waals surface area contributed by atoms with E-state index in [9.17, 15) is 9.59 Å². The summed E-state index contributed by atoms with van der Waals surface area (Å²) in [6, 6.07) is 0. The summed E-state index contributed by atoms with van der Waals surface area (Å²) in [6.45, 7) is 4.39. The number of carboxylic acids is 1. The van der Waals surface area contributed by atoms with Crippen LogP contribution < -0.4 is 0 Å². The number of esters is 1. The molecule has 1 N–H and O–H groups in total. The lowest BCUT2D eigenvalue weighted by atomic mass is 10.0. The fraction of sp³-hybridized carbons (Fsp3) is 0.714. The molecule has 0 fully saturated rings. The smallest absolute Gasteiger partial charge is 0.306 e. The summed E-state index contributed by atoms with van der Waals surface area (Å²) in [6.07, 6.45) is 51.5. The van der Waals surface area contributed by atoms with Crippen molar-refractivity contribution in [3.8, 4) is 0 Å². The molecule has 0 heterocycles. The SMILES string of the molecule is CC/C=C\C/C=C\C(/C=C\CCCCCC(=O)O)OC(=O)CCCCCCCCCCCCC/C=C\C/C=C\CCCCCCC. The van der Waals surface area contributed by atoms with E-state index in [4.69, 9.17) is 9.84 Å². The van der Waals surface area contributed by atoms with Crippen molar-refractivity contribution in [2.45, 2.75) is 193 Å². The summed E-state index contributed by atoms with van der Waals surface area (Å²) >= 11 is 0. The van der Waals surface area contributed by atoms with Crippen LogP contribution in [0, 0.1) is 0 Å². The second-order valence-corrected chi connectivity index (χ2v) is 12.7. The zero-order chi connectivity index (χ0) is 33.6. The fourth-order valence-corrected chi connectivity index (χ4v) is 5.35. The number of rotatable bonds is 34. The second kappa shape index (κ2) is 37.1. The number of allylic oxidation sites excluding steroid dienone is 8. The van der Waals surface area contributed by atoms with Gasteiger partial charge in [0.05, 0.1) is 0 Å². The van der Waals surface area contributed by atoms with Crippen molar-refractivity contribution >= 4 is 11.9 Å². The molecule has 0 aliphatic carbocycles. The Bertz CT molecular complexity index is 820. The van der Waals surface area contributed by atoms with E-state index < -0.39 is 5.97 Å². The molecule has 0 aliphatic rings. The molecule has 0 radical (unpaired) electrons. The Morgan fingerprint density at radius 2 is 0.935 bits per heavy atom. The lowest BCUT2D eigenvalue weighted by Gasteiger charge is -2.11. The molecule has 46 heavy (non-hydrogen) atoms. The highest BCUT2D eigenvalue weighted by Crippen LogP contribution is 2.14. The number of carbonyl (C=O) groups excluding carboxylic acids is 1. The van der Waals surface area contributed by atoms with Crippen molar-refractivity contribution in [2.24, 2.45) is 0 Å². The summed E-state index contributed by atoms with van der Waals surface area (Å²) in [5.74, 6) is -0.858. The third kappa shape index (κ3) is 36.1. The summed E-state index contributed by atoms with van der Waals surface area (Å²) in [4.78, 5) is 23.1. The number of unbranched alkanes of at least 4 members (excludes halogenated alkanes) is 19. The molecule has 0 spiro atoms. The van der Waals surface area contributed by atoms with E-state index in [1.807, 2.05) is 12.2 Å². The predicted octanol–water partition coefficient (Wildman–Crippen LogP) is 13.3. The molecule has 1 unspecified atom stereocenters. The maximum atomic E-state index is 12.5. The fourth-order valence-electron chi connectivity index (χ4n) is 5.35. The molecular formula is C42H72O4. The minimum atomic E-state index is -0.734. The molecule has 0 aromatic heterocycles. The van der Waals surface area contributed by atoms with Gasteiger partial charge >= 0.3 is 11.9 Å². The molecule has 0 aromatic rings. The van der Waals surface area contributed by atoms with Crippen LogP contribution in [0.2, 0.25) is 0 Å². The van der Waals surface area contributed by atoms with Gasteiger partial charge in [0, 0.05) is 12.8 Å². The first-order chi connectivity index (χ1) is 22.6. The zero-order valence-corrected chi connectivity index (χ0v) is 30.1. The van der Waals surface area contributed by atoms with Crippen molar-refractivity contribution in [3.63, 3.8) is 0 Å². The lowest BCUT2D eigenvalue weighted by Crippen LogP contribution is -2.13. The Morgan fingerprint density at radius 3 is 1.50 bits per heavy atom. The van der Waals surface area contributed by atoms with Gasteiger partial charge in [-0.3, -0.25) is 9.59 Å². The zero-order valence-electron chi connectivity index (χ0n) is 30.1. The van der Waals surface area contributed by atoms with Gasteiger partial charge in [-0.2, -0.15) is 0 Å². The first-order valence-electron chi connectivity index (χ1n) is 19.3. The molecule has 4 heteroatoms. The van der Waals surface area contributed by atoms with Gasteiger partial charge in [-0.05, 0) is 82.8 Å². The highest BCUT2D eigenvalue weighted by Gasteiger charge is 2.08. The largest absolute Gasteiger partial charge is 0.481 e. The van der Waals surface area contributed by atoms with Crippen LogP contribution in [-0.4, -0.2) is 23.1 Å². The van der Waals surface area contributed by atoms with Crippen LogP contribution in [0.4, 0.5) is 0 Å². The number of hydrogen-bond acceptors (Lipinski definition) is 3. The Hall–Kier alpha value is -2.36. The highest BCUT2D eigenvalue weighted by atomic mass is 16.5. The van der Waals surface area contributed by atoms with E-state index in [-0.39, 0.29) is 18.5 Å². The van der Waals surface area contributed by atoms with Crippen molar-refractivity contribution in [1.29, 1.82) is 0 Å². The van der Waals surface area contributed by atoms with Gasteiger partial charge < -0.3 is 9.84 Å². The highest BCUT2D eigenvalue weighted by molar-refractivity contribution is 5.69. The van der Waals surface area contributed by atoms with Crippen LogP contribution in [0.15, 0.2) is 60.8 Å². The second-order valence-electron chi connectivity index (χ2n) is 12.7. The normalized spacial score (nSPS) is 12.9. The molecule has 0 aromatic carbocycles. The number of carboxylic acid groups (broad SMARTS) is 1. The minimum absolute atomic E-state index is 0.124. The van der Waals surface area contributed by atoms with Crippen LogP contribution in [0.1, 0.15) is 187 Å². The average Bonchev–Trinajstić information content (AvgIpc) is 3.04. The van der Waals surface area contributed by atoms with Crippen LogP contribution in [0.25, 0.3) is 0 Å². The van der Waals surface area contributed by atoms with E-state index in [0.29, 0.717) is 12.8 Å².